The molecule has 1 aromatic rings. The Balaban J connectivity index is 1.93. The molecule has 96 valence electrons. The Morgan fingerprint density at radius 3 is 2.89 bits per heavy atom. The second-order valence-corrected chi connectivity index (χ2v) is 4.99. The van der Waals surface area contributed by atoms with Crippen LogP contribution in [0.1, 0.15) is 18.4 Å². The molecule has 0 spiro atoms. The zero-order valence-corrected chi connectivity index (χ0v) is 11.1. The zero-order chi connectivity index (χ0) is 13.1. The average molecular weight is 315 g/mol. The number of amides is 2. The first-order valence-corrected chi connectivity index (χ1v) is 6.36. The molecule has 1 heterocycles. The van der Waals surface area contributed by atoms with Gasteiger partial charge in [0.2, 0.25) is 11.8 Å². The van der Waals surface area contributed by atoms with E-state index in [0.717, 1.165) is 5.56 Å². The van der Waals surface area contributed by atoms with Crippen molar-refractivity contribution in [1.82, 2.24) is 10.6 Å². The van der Waals surface area contributed by atoms with Crippen LogP contribution in [-0.4, -0.2) is 17.9 Å². The van der Waals surface area contributed by atoms with Crippen molar-refractivity contribution < 1.29 is 14.0 Å². The lowest BCUT2D eigenvalue weighted by molar-refractivity contribution is -0.134. The van der Waals surface area contributed by atoms with E-state index >= 15 is 0 Å². The second kappa shape index (κ2) is 5.58. The van der Waals surface area contributed by atoms with Crippen molar-refractivity contribution in [3.05, 3.63) is 34.1 Å². The van der Waals surface area contributed by atoms with E-state index in [1.165, 1.54) is 6.07 Å². The van der Waals surface area contributed by atoms with Gasteiger partial charge in [0.25, 0.3) is 0 Å². The van der Waals surface area contributed by atoms with Gasteiger partial charge in [-0.05, 0) is 40.0 Å². The van der Waals surface area contributed by atoms with Gasteiger partial charge in [-0.15, -0.1) is 0 Å². The molecular formula is C12H12BrFN2O2. The van der Waals surface area contributed by atoms with E-state index in [4.69, 9.17) is 0 Å². The minimum absolute atomic E-state index is 0.243. The summed E-state index contributed by atoms with van der Waals surface area (Å²) in [7, 11) is 0. The van der Waals surface area contributed by atoms with Crippen molar-refractivity contribution in [3.63, 3.8) is 0 Å². The molecule has 1 fully saturated rings. The lowest BCUT2D eigenvalue weighted by atomic mass is 10.1. The minimum atomic E-state index is -0.394. The van der Waals surface area contributed by atoms with Crippen molar-refractivity contribution in [2.24, 2.45) is 0 Å². The van der Waals surface area contributed by atoms with Crippen LogP contribution in [0.25, 0.3) is 0 Å². The molecule has 2 rings (SSSR count). The number of imide groups is 1. The summed E-state index contributed by atoms with van der Waals surface area (Å²) in [5.74, 6) is -0.894. The van der Waals surface area contributed by atoms with Gasteiger partial charge in [-0.25, -0.2) is 4.39 Å². The summed E-state index contributed by atoms with van der Waals surface area (Å²) in [4.78, 5) is 22.4. The molecule has 1 atom stereocenters. The van der Waals surface area contributed by atoms with Gasteiger partial charge in [0, 0.05) is 13.0 Å². The molecule has 1 unspecified atom stereocenters. The van der Waals surface area contributed by atoms with Gasteiger partial charge in [0.05, 0.1) is 10.5 Å². The smallest absolute Gasteiger partial charge is 0.243 e. The van der Waals surface area contributed by atoms with Gasteiger partial charge in [-0.2, -0.15) is 0 Å². The van der Waals surface area contributed by atoms with E-state index in [2.05, 4.69) is 26.6 Å². The van der Waals surface area contributed by atoms with E-state index in [-0.39, 0.29) is 17.6 Å². The molecule has 0 saturated carbocycles. The standard InChI is InChI=1S/C12H12BrFN2O2/c13-8-2-1-7(5-9(8)14)6-15-10-3-4-11(17)16-12(10)18/h1-2,5,10,15H,3-4,6H2,(H,16,17,18). The molecule has 0 aromatic heterocycles. The van der Waals surface area contributed by atoms with E-state index < -0.39 is 6.04 Å². The number of piperidine rings is 1. The number of carbonyl (C=O) groups excluding carboxylic acids is 2. The van der Waals surface area contributed by atoms with Crippen molar-refractivity contribution in [2.45, 2.75) is 25.4 Å². The number of hydrogen-bond donors (Lipinski definition) is 2. The van der Waals surface area contributed by atoms with Gasteiger partial charge in [-0.1, -0.05) is 6.07 Å². The van der Waals surface area contributed by atoms with Crippen LogP contribution in [0.2, 0.25) is 0 Å². The zero-order valence-electron chi connectivity index (χ0n) is 9.50. The monoisotopic (exact) mass is 314 g/mol. The highest BCUT2D eigenvalue weighted by Crippen LogP contribution is 2.16. The van der Waals surface area contributed by atoms with E-state index in [0.29, 0.717) is 23.9 Å². The molecule has 1 aliphatic rings. The van der Waals surface area contributed by atoms with Crippen LogP contribution < -0.4 is 10.6 Å². The Morgan fingerprint density at radius 1 is 1.44 bits per heavy atom. The summed E-state index contributed by atoms with van der Waals surface area (Å²) >= 11 is 3.08. The highest BCUT2D eigenvalue weighted by Gasteiger charge is 2.25. The third-order valence-electron chi connectivity index (χ3n) is 2.78. The number of carbonyl (C=O) groups is 2. The first-order chi connectivity index (χ1) is 8.56. The quantitative estimate of drug-likeness (QED) is 0.831. The van der Waals surface area contributed by atoms with Gasteiger partial charge in [-0.3, -0.25) is 14.9 Å². The van der Waals surface area contributed by atoms with Crippen LogP contribution in [0.3, 0.4) is 0 Å². The Morgan fingerprint density at radius 2 is 2.22 bits per heavy atom. The Hall–Kier alpha value is -1.27. The predicted molar refractivity (Wildman–Crippen MR) is 67.1 cm³/mol. The van der Waals surface area contributed by atoms with Crippen LogP contribution in [0.5, 0.6) is 0 Å². The summed E-state index contributed by atoms with van der Waals surface area (Å²) < 4.78 is 13.7. The maximum atomic E-state index is 13.3. The molecule has 1 aromatic carbocycles. The molecule has 0 bridgehead atoms. The summed E-state index contributed by atoms with van der Waals surface area (Å²) in [6.45, 7) is 0.385. The molecule has 6 heteroatoms. The number of hydrogen-bond acceptors (Lipinski definition) is 3. The fraction of sp³-hybridized carbons (Fsp3) is 0.333. The van der Waals surface area contributed by atoms with Crippen LogP contribution in [0, 0.1) is 5.82 Å². The third-order valence-corrected chi connectivity index (χ3v) is 3.42. The number of halogens is 2. The summed E-state index contributed by atoms with van der Waals surface area (Å²) in [5, 5.41) is 5.27. The minimum Gasteiger partial charge on any atom is -0.302 e. The fourth-order valence-electron chi connectivity index (χ4n) is 1.78. The lowest BCUT2D eigenvalue weighted by Gasteiger charge is -2.21. The van der Waals surface area contributed by atoms with Gasteiger partial charge in [0.1, 0.15) is 5.82 Å². The molecular weight excluding hydrogens is 303 g/mol. The van der Waals surface area contributed by atoms with Gasteiger partial charge in [0.15, 0.2) is 0 Å². The van der Waals surface area contributed by atoms with Crippen molar-refractivity contribution in [2.75, 3.05) is 0 Å². The van der Waals surface area contributed by atoms with E-state index in [1.807, 2.05) is 0 Å². The number of nitrogens with one attached hydrogen (secondary N) is 2. The molecule has 2 amide bonds. The molecule has 4 nitrogen and oxygen atoms in total. The second-order valence-electron chi connectivity index (χ2n) is 4.13. The molecule has 1 saturated heterocycles. The SMILES string of the molecule is O=C1CCC(NCc2ccc(Br)c(F)c2)C(=O)N1. The Labute approximate surface area is 112 Å². The first kappa shape index (κ1) is 13.2. The normalized spacial score (nSPS) is 19.8. The highest BCUT2D eigenvalue weighted by atomic mass is 79.9. The maximum absolute atomic E-state index is 13.3. The summed E-state index contributed by atoms with van der Waals surface area (Å²) in [6, 6.07) is 4.40. The topological polar surface area (TPSA) is 58.2 Å². The highest BCUT2D eigenvalue weighted by molar-refractivity contribution is 9.10. The summed E-state index contributed by atoms with van der Waals surface area (Å²) in [5.41, 5.74) is 0.750. The molecule has 0 aliphatic carbocycles. The molecule has 1 aliphatic heterocycles. The van der Waals surface area contributed by atoms with Crippen molar-refractivity contribution in [1.29, 1.82) is 0 Å². The summed E-state index contributed by atoms with van der Waals surface area (Å²) in [6.07, 6.45) is 0.807. The lowest BCUT2D eigenvalue weighted by Crippen LogP contribution is -2.50. The van der Waals surface area contributed by atoms with Crippen LogP contribution in [-0.2, 0) is 16.1 Å². The van der Waals surface area contributed by atoms with Crippen molar-refractivity contribution in [3.8, 4) is 0 Å². The maximum Gasteiger partial charge on any atom is 0.243 e. The predicted octanol–water partition coefficient (Wildman–Crippen LogP) is 1.48. The van der Waals surface area contributed by atoms with E-state index in [1.54, 1.807) is 12.1 Å². The molecule has 0 radical (unpaired) electrons. The molecule has 2 N–H and O–H groups in total. The fourth-order valence-corrected chi connectivity index (χ4v) is 2.03. The Kier molecular flexibility index (Phi) is 4.08. The first-order valence-electron chi connectivity index (χ1n) is 5.57. The van der Waals surface area contributed by atoms with Gasteiger partial charge < -0.3 is 5.32 Å². The molecule has 18 heavy (non-hydrogen) atoms. The largest absolute Gasteiger partial charge is 0.302 e. The van der Waals surface area contributed by atoms with Crippen LogP contribution >= 0.6 is 15.9 Å². The Bertz CT molecular complexity index is 493. The van der Waals surface area contributed by atoms with Crippen LogP contribution in [0.4, 0.5) is 4.39 Å². The van der Waals surface area contributed by atoms with Gasteiger partial charge >= 0.3 is 0 Å². The van der Waals surface area contributed by atoms with Crippen molar-refractivity contribution >= 4 is 27.7 Å². The average Bonchev–Trinajstić information content (AvgIpc) is 2.32. The van der Waals surface area contributed by atoms with E-state index in [9.17, 15) is 14.0 Å². The number of benzene rings is 1. The third kappa shape index (κ3) is 3.14. The van der Waals surface area contributed by atoms with Crippen LogP contribution in [0.15, 0.2) is 22.7 Å². The number of rotatable bonds is 3.